The first-order chi connectivity index (χ1) is 27.2. The SMILES string of the molecule is [C-]#[N+]c1ccc(-n2c3ccccc3c3ccc(-n4c5ccccc5c5ccccc54)cc32)cc1-c1ccc(-n2c3ccccc3c3cccc(C#N)c32)cc1. The average molecular weight is 700 g/mol. The van der Waals surface area contributed by atoms with Crippen LogP contribution in [0.3, 0.4) is 0 Å². The van der Waals surface area contributed by atoms with Crippen molar-refractivity contribution in [3.63, 3.8) is 0 Å². The third-order valence-electron chi connectivity index (χ3n) is 11.1. The normalized spacial score (nSPS) is 11.6. The summed E-state index contributed by atoms with van der Waals surface area (Å²) in [5.74, 6) is 0. The number of hydrogen-bond acceptors (Lipinski definition) is 1. The van der Waals surface area contributed by atoms with E-state index in [0.717, 1.165) is 61.0 Å². The van der Waals surface area contributed by atoms with Gasteiger partial charge in [-0.25, -0.2) is 4.85 Å². The molecule has 0 saturated heterocycles. The Morgan fingerprint density at radius 2 is 0.891 bits per heavy atom. The molecule has 0 fully saturated rings. The van der Waals surface area contributed by atoms with Crippen LogP contribution in [0.15, 0.2) is 176 Å². The van der Waals surface area contributed by atoms with Gasteiger partial charge >= 0.3 is 0 Å². The van der Waals surface area contributed by atoms with E-state index in [1.807, 2.05) is 30.3 Å². The molecule has 55 heavy (non-hydrogen) atoms. The number of nitriles is 1. The summed E-state index contributed by atoms with van der Waals surface area (Å²) in [7, 11) is 0. The van der Waals surface area contributed by atoms with Gasteiger partial charge in [0.15, 0.2) is 5.69 Å². The summed E-state index contributed by atoms with van der Waals surface area (Å²) in [5.41, 5.74) is 12.5. The summed E-state index contributed by atoms with van der Waals surface area (Å²) in [4.78, 5) is 3.97. The average Bonchev–Trinajstić information content (AvgIpc) is 3.89. The monoisotopic (exact) mass is 699 g/mol. The van der Waals surface area contributed by atoms with Gasteiger partial charge in [0.1, 0.15) is 6.07 Å². The predicted molar refractivity (Wildman–Crippen MR) is 226 cm³/mol. The Morgan fingerprint density at radius 3 is 1.49 bits per heavy atom. The van der Waals surface area contributed by atoms with E-state index in [2.05, 4.69) is 170 Å². The van der Waals surface area contributed by atoms with Gasteiger partial charge in [-0.15, -0.1) is 0 Å². The lowest BCUT2D eigenvalue weighted by Crippen LogP contribution is -1.98. The molecular formula is C50H29N5. The van der Waals surface area contributed by atoms with Gasteiger partial charge in [-0.1, -0.05) is 109 Å². The van der Waals surface area contributed by atoms with Gasteiger partial charge in [0.2, 0.25) is 0 Å². The molecule has 0 aliphatic rings. The molecule has 11 rings (SSSR count). The van der Waals surface area contributed by atoms with Crippen molar-refractivity contribution in [3.05, 3.63) is 193 Å². The Labute approximate surface area is 316 Å². The Balaban J connectivity index is 1.09. The first-order valence-electron chi connectivity index (χ1n) is 18.3. The van der Waals surface area contributed by atoms with Crippen LogP contribution in [0.4, 0.5) is 5.69 Å². The second kappa shape index (κ2) is 11.8. The molecule has 3 aromatic heterocycles. The summed E-state index contributed by atoms with van der Waals surface area (Å²) in [6, 6.07) is 63.6. The van der Waals surface area contributed by atoms with E-state index in [0.29, 0.717) is 11.3 Å². The predicted octanol–water partition coefficient (Wildman–Crippen LogP) is 13.1. The van der Waals surface area contributed by atoms with Crippen molar-refractivity contribution in [2.45, 2.75) is 0 Å². The van der Waals surface area contributed by atoms with Crippen molar-refractivity contribution in [1.82, 2.24) is 13.7 Å². The molecule has 11 aromatic rings. The zero-order valence-corrected chi connectivity index (χ0v) is 29.5. The lowest BCUT2D eigenvalue weighted by atomic mass is 10.0. The molecule has 0 aliphatic carbocycles. The van der Waals surface area contributed by atoms with E-state index in [1.54, 1.807) is 0 Å². The molecule has 0 unspecified atom stereocenters. The summed E-state index contributed by atoms with van der Waals surface area (Å²) in [6.07, 6.45) is 0. The number of nitrogens with zero attached hydrogens (tertiary/aromatic N) is 5. The van der Waals surface area contributed by atoms with E-state index in [9.17, 15) is 5.26 Å². The van der Waals surface area contributed by atoms with Crippen LogP contribution in [0.5, 0.6) is 0 Å². The first-order valence-corrected chi connectivity index (χ1v) is 18.3. The highest BCUT2D eigenvalue weighted by Crippen LogP contribution is 2.40. The van der Waals surface area contributed by atoms with Gasteiger partial charge in [-0.05, 0) is 77.9 Å². The molecule has 0 N–H and O–H groups in total. The van der Waals surface area contributed by atoms with Gasteiger partial charge in [0, 0.05) is 49.4 Å². The highest BCUT2D eigenvalue weighted by atomic mass is 15.0. The molecule has 3 heterocycles. The van der Waals surface area contributed by atoms with Crippen LogP contribution in [0.25, 0.3) is 98.5 Å². The molecule has 8 aromatic carbocycles. The maximum atomic E-state index is 10.1. The fraction of sp³-hybridized carbons (Fsp3) is 0. The van der Waals surface area contributed by atoms with Crippen molar-refractivity contribution in [1.29, 1.82) is 5.26 Å². The molecular weight excluding hydrogens is 671 g/mol. The number of aromatic nitrogens is 3. The van der Waals surface area contributed by atoms with E-state index in [1.165, 1.54) is 32.6 Å². The van der Waals surface area contributed by atoms with Crippen LogP contribution in [0, 0.1) is 17.9 Å². The second-order valence-electron chi connectivity index (χ2n) is 13.9. The van der Waals surface area contributed by atoms with Gasteiger partial charge in [0.05, 0.1) is 45.2 Å². The lowest BCUT2D eigenvalue weighted by molar-refractivity contribution is 1.15. The number of para-hydroxylation sites is 5. The Bertz CT molecular complexity index is 3400. The van der Waals surface area contributed by atoms with Crippen molar-refractivity contribution in [2.75, 3.05) is 0 Å². The number of rotatable bonds is 4. The van der Waals surface area contributed by atoms with Crippen molar-refractivity contribution >= 4 is 71.1 Å². The fourth-order valence-electron chi connectivity index (χ4n) is 8.74. The smallest absolute Gasteiger partial charge is 0.195 e. The minimum atomic E-state index is 0.590. The molecule has 0 bridgehead atoms. The number of benzene rings is 8. The highest BCUT2D eigenvalue weighted by Gasteiger charge is 2.19. The molecule has 0 atom stereocenters. The third kappa shape index (κ3) is 4.45. The highest BCUT2D eigenvalue weighted by molar-refractivity contribution is 6.13. The van der Waals surface area contributed by atoms with Crippen LogP contribution in [-0.4, -0.2) is 13.7 Å². The Hall–Kier alpha value is -7.86. The van der Waals surface area contributed by atoms with Crippen LogP contribution >= 0.6 is 0 Å². The van der Waals surface area contributed by atoms with Crippen molar-refractivity contribution in [3.8, 4) is 34.3 Å². The minimum Gasteiger partial charge on any atom is -0.309 e. The fourth-order valence-corrected chi connectivity index (χ4v) is 8.74. The Kier molecular flexibility index (Phi) is 6.61. The first kappa shape index (κ1) is 30.7. The maximum absolute atomic E-state index is 10.1. The zero-order chi connectivity index (χ0) is 36.6. The zero-order valence-electron chi connectivity index (χ0n) is 29.5. The summed E-state index contributed by atoms with van der Waals surface area (Å²) < 4.78 is 6.86. The second-order valence-corrected chi connectivity index (χ2v) is 13.9. The molecule has 5 nitrogen and oxygen atoms in total. The molecule has 0 spiro atoms. The number of hydrogen-bond donors (Lipinski definition) is 0. The summed E-state index contributed by atoms with van der Waals surface area (Å²) >= 11 is 0. The van der Waals surface area contributed by atoms with E-state index < -0.39 is 0 Å². The van der Waals surface area contributed by atoms with E-state index in [4.69, 9.17) is 6.57 Å². The summed E-state index contributed by atoms with van der Waals surface area (Å²) in [5, 5.41) is 17.0. The van der Waals surface area contributed by atoms with E-state index >= 15 is 0 Å². The van der Waals surface area contributed by atoms with Crippen LogP contribution in [0.2, 0.25) is 0 Å². The van der Waals surface area contributed by atoms with E-state index in [-0.39, 0.29) is 0 Å². The topological polar surface area (TPSA) is 42.9 Å². The largest absolute Gasteiger partial charge is 0.309 e. The van der Waals surface area contributed by atoms with Gasteiger partial charge in [0.25, 0.3) is 0 Å². The quantitative estimate of drug-likeness (QED) is 0.169. The van der Waals surface area contributed by atoms with Crippen molar-refractivity contribution < 1.29 is 0 Å². The van der Waals surface area contributed by atoms with Crippen LogP contribution in [0.1, 0.15) is 5.56 Å². The van der Waals surface area contributed by atoms with Crippen LogP contribution in [-0.2, 0) is 0 Å². The molecule has 5 heteroatoms. The molecule has 0 saturated carbocycles. The maximum Gasteiger partial charge on any atom is 0.195 e. The van der Waals surface area contributed by atoms with Gasteiger partial charge in [-0.3, -0.25) is 0 Å². The molecule has 0 amide bonds. The molecule has 0 radical (unpaired) electrons. The molecule has 0 aliphatic heterocycles. The van der Waals surface area contributed by atoms with Crippen LogP contribution < -0.4 is 0 Å². The minimum absolute atomic E-state index is 0.590. The third-order valence-corrected chi connectivity index (χ3v) is 11.1. The van der Waals surface area contributed by atoms with Gasteiger partial charge < -0.3 is 13.7 Å². The lowest BCUT2D eigenvalue weighted by Gasteiger charge is -2.14. The van der Waals surface area contributed by atoms with Gasteiger partial charge in [-0.2, -0.15) is 5.26 Å². The summed E-state index contributed by atoms with van der Waals surface area (Å²) in [6.45, 7) is 8.14. The molecule has 254 valence electrons. The van der Waals surface area contributed by atoms with Crippen molar-refractivity contribution in [2.24, 2.45) is 0 Å². The standard InChI is InChI=1S/C50H29N5/c1-52-44-28-26-35(29-43(44)32-21-23-34(24-22-32)55-48-20-9-5-15-40(48)42-16-10-11-33(31-51)50(42)55)54-47-19-8-4-14-39(47)41-27-25-36(30-49(41)54)53-45-17-6-2-12-37(45)38-13-3-7-18-46(38)53/h2-30H. The Morgan fingerprint density at radius 1 is 0.418 bits per heavy atom. The number of fused-ring (bicyclic) bond motifs is 9.